The van der Waals surface area contributed by atoms with Crippen LogP contribution in [0.2, 0.25) is 0 Å². The van der Waals surface area contributed by atoms with Crippen LogP contribution in [0.15, 0.2) is 146 Å². The van der Waals surface area contributed by atoms with Gasteiger partial charge in [0.25, 0.3) is 0 Å². The Morgan fingerprint density at radius 2 is 0.900 bits per heavy atom. The molecule has 394 valence electrons. The maximum Gasteiger partial charge on any atom is 2.00 e. The second kappa shape index (κ2) is 63.3. The normalized spacial score (nSPS) is 14.9. The first-order chi connectivity index (χ1) is 33.2. The van der Waals surface area contributed by atoms with Crippen molar-refractivity contribution >= 4 is 35.0 Å². The van der Waals surface area contributed by atoms with Gasteiger partial charge in [-0.15, -0.1) is 5.92 Å². The second-order valence-electron chi connectivity index (χ2n) is 15.9. The third kappa shape index (κ3) is 70.8. The summed E-state index contributed by atoms with van der Waals surface area (Å²) in [6, 6.07) is -0.378. The van der Waals surface area contributed by atoms with Crippen molar-refractivity contribution in [3.8, 4) is 0 Å². The SMILES string of the molecule is CC/C=C\C[C@H](O)/C=C/C=C\C=C\[C@@H](O)C/C=C\C/C=C\CCC.CC/C=C\C[C@H](O)/C=C/C=C\C=C\[C@@H](O)C/C=C\C/C=C\CCC(=O)[O-].[CH2-][C@@H](CCCC[NH3+])C(=O)[O-].[Mg+2].[NH-][C@H](C[O-])CCCC[NH3+]. The Labute approximate surface area is 440 Å². The Bertz CT molecular complexity index is 1520. The summed E-state index contributed by atoms with van der Waals surface area (Å²) >= 11 is 0. The smallest absolute Gasteiger partial charge is 0.855 e. The Morgan fingerprint density at radius 3 is 1.23 bits per heavy atom. The summed E-state index contributed by atoms with van der Waals surface area (Å²) in [7, 11) is 0. The molecule has 13 heteroatoms. The van der Waals surface area contributed by atoms with E-state index in [1.807, 2.05) is 85.1 Å². The summed E-state index contributed by atoms with van der Waals surface area (Å²) in [5.74, 6) is -2.64. The van der Waals surface area contributed by atoms with Crippen LogP contribution in [-0.4, -0.2) is 106 Å². The summed E-state index contributed by atoms with van der Waals surface area (Å²) in [5.41, 5.74) is 14.4. The first kappa shape index (κ1) is 75.2. The van der Waals surface area contributed by atoms with E-state index < -0.39 is 42.3 Å². The molecular weight excluding hydrogens is 895 g/mol. The number of unbranched alkanes of at least 4 members (excludes halogenated alkanes) is 3. The molecule has 0 saturated heterocycles. The molecule has 0 radical (unpaired) electrons. The van der Waals surface area contributed by atoms with Crippen LogP contribution < -0.4 is 26.8 Å². The van der Waals surface area contributed by atoms with Crippen molar-refractivity contribution in [1.29, 1.82) is 0 Å². The minimum Gasteiger partial charge on any atom is -0.855 e. The van der Waals surface area contributed by atoms with Gasteiger partial charge in [-0.2, -0.15) is 12.6 Å². The molecule has 0 unspecified atom stereocenters. The third-order valence-electron chi connectivity index (χ3n) is 9.14. The van der Waals surface area contributed by atoms with Crippen molar-refractivity contribution in [3.05, 3.63) is 158 Å². The average Bonchev–Trinajstić information content (AvgIpc) is 3.32. The maximum atomic E-state index is 10.2. The number of aliphatic hydroxyl groups excluding tert-OH is 4. The molecule has 0 amide bonds. The molecule has 0 aromatic heterocycles. The molecule has 0 aliphatic heterocycles. The number of carbonyl (C=O) groups excluding carboxylic acids is 2. The zero-order chi connectivity index (χ0) is 52.4. The van der Waals surface area contributed by atoms with Gasteiger partial charge in [-0.05, 0) is 96.3 Å². The van der Waals surface area contributed by atoms with Crippen LogP contribution in [0, 0.1) is 12.8 Å². The van der Waals surface area contributed by atoms with E-state index in [0.717, 1.165) is 70.9 Å². The number of hydrogen-bond donors (Lipinski definition) is 6. The number of hydrogen-bond acceptors (Lipinski definition) is 9. The molecule has 0 aliphatic carbocycles. The van der Waals surface area contributed by atoms with E-state index >= 15 is 0 Å². The molecule has 0 saturated carbocycles. The molecule has 12 nitrogen and oxygen atoms in total. The van der Waals surface area contributed by atoms with Crippen LogP contribution in [0.4, 0.5) is 0 Å². The second-order valence-corrected chi connectivity index (χ2v) is 15.9. The van der Waals surface area contributed by atoms with E-state index in [2.05, 4.69) is 57.4 Å². The molecule has 0 aromatic carbocycles. The fraction of sp³-hybridized carbons (Fsp3) is 0.526. The summed E-state index contributed by atoms with van der Waals surface area (Å²) in [6.07, 6.45) is 57.6. The zero-order valence-electron chi connectivity index (χ0n) is 43.3. The van der Waals surface area contributed by atoms with Gasteiger partial charge in [0.05, 0.1) is 37.5 Å². The van der Waals surface area contributed by atoms with Gasteiger partial charge in [0.15, 0.2) is 0 Å². The molecule has 0 bridgehead atoms. The fourth-order valence-corrected chi connectivity index (χ4v) is 5.10. The molecule has 0 aliphatic rings. The van der Waals surface area contributed by atoms with Crippen molar-refractivity contribution < 1.29 is 56.8 Å². The predicted molar refractivity (Wildman–Crippen MR) is 287 cm³/mol. The maximum absolute atomic E-state index is 10.2. The van der Waals surface area contributed by atoms with Crippen LogP contribution in [0.5, 0.6) is 0 Å². The quantitative estimate of drug-likeness (QED) is 0.0140. The average molecular weight is 990 g/mol. The summed E-state index contributed by atoms with van der Waals surface area (Å²) < 4.78 is 0. The van der Waals surface area contributed by atoms with Gasteiger partial charge in [0.2, 0.25) is 0 Å². The molecule has 0 rings (SSSR count). The molecule has 0 spiro atoms. The van der Waals surface area contributed by atoms with Gasteiger partial charge in [-0.3, -0.25) is 0 Å². The van der Waals surface area contributed by atoms with Crippen LogP contribution >= 0.6 is 0 Å². The first-order valence-electron chi connectivity index (χ1n) is 25.0. The Morgan fingerprint density at radius 1 is 0.543 bits per heavy atom. The third-order valence-corrected chi connectivity index (χ3v) is 9.14. The van der Waals surface area contributed by atoms with Crippen molar-refractivity contribution in [2.75, 3.05) is 19.7 Å². The number of nitrogens with one attached hydrogen (secondary N) is 1. The molecular formula is C57H94MgN3O9-. The largest absolute Gasteiger partial charge is 2.00 e. The fourth-order valence-electron chi connectivity index (χ4n) is 5.10. The van der Waals surface area contributed by atoms with E-state index in [9.17, 15) is 45.3 Å². The molecule has 11 N–H and O–H groups in total. The van der Waals surface area contributed by atoms with E-state index in [4.69, 9.17) is 5.73 Å². The van der Waals surface area contributed by atoms with Crippen molar-refractivity contribution in [3.63, 3.8) is 0 Å². The van der Waals surface area contributed by atoms with E-state index in [1.54, 1.807) is 42.5 Å². The molecule has 6 atom stereocenters. The van der Waals surface area contributed by atoms with Gasteiger partial charge in [0, 0.05) is 11.9 Å². The van der Waals surface area contributed by atoms with E-state index in [1.165, 1.54) is 6.42 Å². The number of rotatable bonds is 37. The van der Waals surface area contributed by atoms with Gasteiger partial charge < -0.3 is 69.5 Å². The number of carboxylic acids is 2. The minimum atomic E-state index is -1.05. The monoisotopic (exact) mass is 989 g/mol. The standard InChI is InChI=1S/C22H32O4.C22H34O2.C7H14NO2.C6H14N2O.Mg/c1-2-3-10-15-20(23)17-12-8-9-13-18-21(24)16-11-6-4-5-7-14-19-22(25)26;1-3-5-7-8-9-10-14-18-22(24)20-16-12-11-15-19-21(23)17-13-6-4-2;1-6(7(9)10)4-2-3-5-8;7-4-2-1-3-6(8)5-9;/h3,5-13,17-18,20-21,23-24H,2,4,14-16,19H2,1H3,(H,25,26);6-8,10-16,19-24H,3-5,9,17-18H2,1-2H3;6H,1-5,8H2,(H,9,10);6,8H,1-5,7H2;/q;;-1;-2;+2/b7-5-,9-8-,10-3-,11-6-,17-12+,18-13+;8-7-,12-11-,13-6-,14-10-,19-15+,20-16+;;;/t20-,21-;21-,22-;2*6-;/m0000./s1. The number of aliphatic carboxylic acids is 2. The topological polar surface area (TPSA) is 263 Å². The van der Waals surface area contributed by atoms with Crippen molar-refractivity contribution in [1.82, 2.24) is 0 Å². The Kier molecular flexibility index (Phi) is 68.0. The number of carbonyl (C=O) groups is 2. The van der Waals surface area contributed by atoms with Crippen LogP contribution in [0.3, 0.4) is 0 Å². The minimum absolute atomic E-state index is 0. The predicted octanol–water partition coefficient (Wildman–Crippen LogP) is 5.98. The Hall–Kier alpha value is -3.73. The summed E-state index contributed by atoms with van der Waals surface area (Å²) in [4.78, 5) is 20.3. The summed E-state index contributed by atoms with van der Waals surface area (Å²) in [6.45, 7) is 11.2. The zero-order valence-corrected chi connectivity index (χ0v) is 44.7. The van der Waals surface area contributed by atoms with E-state index in [0.29, 0.717) is 44.9 Å². The van der Waals surface area contributed by atoms with Gasteiger partial charge in [-0.1, -0.05) is 186 Å². The molecule has 0 aromatic rings. The van der Waals surface area contributed by atoms with Crippen molar-refractivity contribution in [2.24, 2.45) is 5.92 Å². The first-order valence-corrected chi connectivity index (χ1v) is 25.0. The van der Waals surface area contributed by atoms with Gasteiger partial charge >= 0.3 is 23.1 Å². The van der Waals surface area contributed by atoms with Crippen LogP contribution in [-0.2, 0) is 9.59 Å². The number of allylic oxidation sites excluding steroid dienone is 16. The Balaban J connectivity index is -0.000000292. The molecule has 0 fully saturated rings. The summed E-state index contributed by atoms with van der Waals surface area (Å²) in [5, 5.41) is 69.3. The number of aliphatic hydroxyl groups is 4. The van der Waals surface area contributed by atoms with Crippen molar-refractivity contribution in [2.45, 2.75) is 167 Å². The molecule has 70 heavy (non-hydrogen) atoms. The number of quaternary nitrogens is 2. The van der Waals surface area contributed by atoms with Gasteiger partial charge in [-0.25, -0.2) is 0 Å². The van der Waals surface area contributed by atoms with E-state index in [-0.39, 0.29) is 42.1 Å². The van der Waals surface area contributed by atoms with Gasteiger partial charge in [0.1, 0.15) is 0 Å². The van der Waals surface area contributed by atoms with Crippen LogP contribution in [0.25, 0.3) is 5.73 Å². The molecule has 0 heterocycles. The van der Waals surface area contributed by atoms with Crippen LogP contribution in [0.1, 0.15) is 136 Å². The number of carboxylic acid groups (broad SMARTS) is 2.